The highest BCUT2D eigenvalue weighted by Crippen LogP contribution is 2.32. The van der Waals surface area contributed by atoms with Crippen molar-refractivity contribution in [1.82, 2.24) is 29.6 Å². The molecular formula is C16H15FN6S. The molecule has 0 unspecified atom stereocenters. The summed E-state index contributed by atoms with van der Waals surface area (Å²) in [7, 11) is 0. The van der Waals surface area contributed by atoms with E-state index in [2.05, 4.69) is 27.3 Å². The first-order valence-corrected chi connectivity index (χ1v) is 8.43. The fourth-order valence-electron chi connectivity index (χ4n) is 2.84. The monoisotopic (exact) mass is 342 g/mol. The van der Waals surface area contributed by atoms with Crippen LogP contribution in [0.15, 0.2) is 24.3 Å². The van der Waals surface area contributed by atoms with Gasteiger partial charge in [-0.15, -0.1) is 10.2 Å². The van der Waals surface area contributed by atoms with E-state index >= 15 is 0 Å². The average Bonchev–Trinajstić information content (AvgIpc) is 3.20. The van der Waals surface area contributed by atoms with Crippen molar-refractivity contribution in [3.8, 4) is 22.0 Å². The minimum atomic E-state index is -0.340. The molecule has 0 amide bonds. The molecule has 0 saturated carbocycles. The number of aryl methyl sites for hydroxylation is 2. The van der Waals surface area contributed by atoms with Crippen molar-refractivity contribution in [2.75, 3.05) is 0 Å². The van der Waals surface area contributed by atoms with Crippen molar-refractivity contribution in [3.63, 3.8) is 0 Å². The van der Waals surface area contributed by atoms with Gasteiger partial charge in [0, 0.05) is 12.2 Å². The lowest BCUT2D eigenvalue weighted by Gasteiger charge is -2.00. The average molecular weight is 342 g/mol. The van der Waals surface area contributed by atoms with Crippen LogP contribution in [0.3, 0.4) is 0 Å². The minimum Gasteiger partial charge on any atom is -0.269 e. The third kappa shape index (κ3) is 2.14. The summed E-state index contributed by atoms with van der Waals surface area (Å²) in [6, 6.07) is 6.50. The smallest absolute Gasteiger partial charge is 0.235 e. The van der Waals surface area contributed by atoms with Gasteiger partial charge in [-0.3, -0.25) is 4.68 Å². The molecule has 122 valence electrons. The Morgan fingerprint density at radius 1 is 1.12 bits per heavy atom. The van der Waals surface area contributed by atoms with Crippen molar-refractivity contribution in [2.45, 2.75) is 27.3 Å². The summed E-state index contributed by atoms with van der Waals surface area (Å²) in [4.78, 5) is 0.631. The number of rotatable bonds is 3. The molecule has 24 heavy (non-hydrogen) atoms. The molecule has 0 saturated heterocycles. The van der Waals surface area contributed by atoms with Crippen LogP contribution in [0.25, 0.3) is 26.9 Å². The molecule has 4 aromatic rings. The van der Waals surface area contributed by atoms with Gasteiger partial charge in [0.05, 0.1) is 16.8 Å². The summed E-state index contributed by atoms with van der Waals surface area (Å²) in [6.45, 7) is 6.85. The standard InChI is InChI=1S/C16H15FN6S/c1-4-22-10(3)13(9(2)20-22)15-21-23-14(18-19-16(23)24-15)11-7-5-6-8-12(11)17/h5-8H,4H2,1-3H3. The molecule has 0 atom stereocenters. The summed E-state index contributed by atoms with van der Waals surface area (Å²) in [5, 5.41) is 18.2. The Bertz CT molecular complexity index is 1040. The van der Waals surface area contributed by atoms with Gasteiger partial charge in [0.15, 0.2) is 10.8 Å². The van der Waals surface area contributed by atoms with Crippen LogP contribution in [-0.4, -0.2) is 29.6 Å². The molecule has 3 heterocycles. The Morgan fingerprint density at radius 3 is 2.62 bits per heavy atom. The Morgan fingerprint density at radius 2 is 1.92 bits per heavy atom. The van der Waals surface area contributed by atoms with Gasteiger partial charge in [-0.1, -0.05) is 23.5 Å². The maximum absolute atomic E-state index is 14.1. The fraction of sp³-hybridized carbons (Fsp3) is 0.250. The molecular weight excluding hydrogens is 327 g/mol. The number of halogens is 1. The first-order valence-electron chi connectivity index (χ1n) is 7.61. The molecule has 0 aliphatic heterocycles. The zero-order chi connectivity index (χ0) is 16.8. The molecule has 0 aliphatic carbocycles. The first kappa shape index (κ1) is 14.9. The lowest BCUT2D eigenvalue weighted by Crippen LogP contribution is -1.98. The number of aromatic nitrogens is 6. The quantitative estimate of drug-likeness (QED) is 0.572. The number of hydrogen-bond acceptors (Lipinski definition) is 5. The number of benzene rings is 1. The van der Waals surface area contributed by atoms with Gasteiger partial charge < -0.3 is 0 Å². The fourth-order valence-corrected chi connectivity index (χ4v) is 3.83. The minimum absolute atomic E-state index is 0.340. The summed E-state index contributed by atoms with van der Waals surface area (Å²) in [5.41, 5.74) is 3.38. The molecule has 0 bridgehead atoms. The van der Waals surface area contributed by atoms with E-state index in [1.165, 1.54) is 17.4 Å². The highest BCUT2D eigenvalue weighted by atomic mass is 32.1. The van der Waals surface area contributed by atoms with Gasteiger partial charge in [-0.2, -0.15) is 14.7 Å². The highest BCUT2D eigenvalue weighted by molar-refractivity contribution is 7.19. The maximum atomic E-state index is 14.1. The van der Waals surface area contributed by atoms with E-state index in [-0.39, 0.29) is 5.82 Å². The predicted molar refractivity (Wildman–Crippen MR) is 90.4 cm³/mol. The lowest BCUT2D eigenvalue weighted by atomic mass is 10.2. The van der Waals surface area contributed by atoms with Gasteiger partial charge >= 0.3 is 0 Å². The van der Waals surface area contributed by atoms with Crippen LogP contribution in [0.2, 0.25) is 0 Å². The van der Waals surface area contributed by atoms with Crippen LogP contribution in [-0.2, 0) is 6.54 Å². The first-order chi connectivity index (χ1) is 11.6. The van der Waals surface area contributed by atoms with Crippen LogP contribution in [0.1, 0.15) is 18.3 Å². The summed E-state index contributed by atoms with van der Waals surface area (Å²) in [6.07, 6.45) is 0. The third-order valence-corrected chi connectivity index (χ3v) is 4.92. The zero-order valence-electron chi connectivity index (χ0n) is 13.5. The Balaban J connectivity index is 1.90. The molecule has 1 aromatic carbocycles. The molecule has 0 aliphatic rings. The second kappa shape index (κ2) is 5.48. The van der Waals surface area contributed by atoms with Crippen molar-refractivity contribution >= 4 is 16.3 Å². The number of nitrogens with zero attached hydrogens (tertiary/aromatic N) is 6. The topological polar surface area (TPSA) is 60.9 Å². The Hall–Kier alpha value is -2.61. The summed E-state index contributed by atoms with van der Waals surface area (Å²) >= 11 is 1.43. The number of hydrogen-bond donors (Lipinski definition) is 0. The molecule has 0 N–H and O–H groups in total. The van der Waals surface area contributed by atoms with Crippen molar-refractivity contribution in [3.05, 3.63) is 41.5 Å². The van der Waals surface area contributed by atoms with Crippen molar-refractivity contribution in [1.29, 1.82) is 0 Å². The normalized spacial score (nSPS) is 11.5. The van der Waals surface area contributed by atoms with Crippen LogP contribution < -0.4 is 0 Å². The largest absolute Gasteiger partial charge is 0.269 e. The summed E-state index contributed by atoms with van der Waals surface area (Å²) in [5.74, 6) is 0.0660. The van der Waals surface area contributed by atoms with Crippen molar-refractivity contribution < 1.29 is 4.39 Å². The molecule has 6 nitrogen and oxygen atoms in total. The number of fused-ring (bicyclic) bond motifs is 1. The van der Waals surface area contributed by atoms with E-state index in [4.69, 9.17) is 0 Å². The maximum Gasteiger partial charge on any atom is 0.235 e. The summed E-state index contributed by atoms with van der Waals surface area (Å²) < 4.78 is 17.6. The zero-order valence-corrected chi connectivity index (χ0v) is 14.3. The van der Waals surface area contributed by atoms with Gasteiger partial charge in [-0.05, 0) is 32.9 Å². The van der Waals surface area contributed by atoms with Gasteiger partial charge in [-0.25, -0.2) is 4.39 Å². The molecule has 0 fully saturated rings. The SMILES string of the molecule is CCn1nc(C)c(-c2nn3c(-c4ccccc4F)nnc3s2)c1C. The van der Waals surface area contributed by atoms with Gasteiger partial charge in [0.25, 0.3) is 0 Å². The van der Waals surface area contributed by atoms with E-state index < -0.39 is 0 Å². The van der Waals surface area contributed by atoms with Gasteiger partial charge in [0.2, 0.25) is 4.96 Å². The Kier molecular flexibility index (Phi) is 3.42. The second-order valence-electron chi connectivity index (χ2n) is 5.47. The Labute approximate surface area is 141 Å². The highest BCUT2D eigenvalue weighted by Gasteiger charge is 2.20. The third-order valence-electron chi connectivity index (χ3n) is 4.00. The molecule has 0 radical (unpaired) electrons. The van der Waals surface area contributed by atoms with E-state index in [1.807, 2.05) is 18.5 Å². The molecule has 3 aromatic heterocycles. The molecule has 8 heteroatoms. The van der Waals surface area contributed by atoms with Crippen molar-refractivity contribution in [2.24, 2.45) is 0 Å². The molecule has 4 rings (SSSR count). The van der Waals surface area contributed by atoms with E-state index in [0.29, 0.717) is 16.3 Å². The molecule has 0 spiro atoms. The predicted octanol–water partition coefficient (Wildman–Crippen LogP) is 3.49. The second-order valence-corrected chi connectivity index (χ2v) is 6.42. The lowest BCUT2D eigenvalue weighted by molar-refractivity contribution is 0.629. The van der Waals surface area contributed by atoms with Gasteiger partial charge in [0.1, 0.15) is 5.82 Å². The van der Waals surface area contributed by atoms with E-state index in [9.17, 15) is 4.39 Å². The van der Waals surface area contributed by atoms with Crippen LogP contribution in [0, 0.1) is 19.7 Å². The van der Waals surface area contributed by atoms with Crippen LogP contribution >= 0.6 is 11.3 Å². The van der Waals surface area contributed by atoms with E-state index in [0.717, 1.165) is 28.5 Å². The van der Waals surface area contributed by atoms with E-state index in [1.54, 1.807) is 22.7 Å². The van der Waals surface area contributed by atoms with Crippen LogP contribution in [0.5, 0.6) is 0 Å². The van der Waals surface area contributed by atoms with Crippen LogP contribution in [0.4, 0.5) is 4.39 Å².